The molecule has 0 aliphatic carbocycles. The van der Waals surface area contributed by atoms with Gasteiger partial charge >= 0.3 is 0 Å². The van der Waals surface area contributed by atoms with Gasteiger partial charge in [0.1, 0.15) is 18.0 Å². The molecule has 2 aliphatic heterocycles. The van der Waals surface area contributed by atoms with Gasteiger partial charge in [0.05, 0.1) is 7.11 Å². The number of hydrogen-bond donors (Lipinski definition) is 0. The van der Waals surface area contributed by atoms with Gasteiger partial charge in [0.15, 0.2) is 11.5 Å². The molecule has 0 saturated heterocycles. The number of benzene rings is 2. The van der Waals surface area contributed by atoms with Crippen molar-refractivity contribution in [1.29, 1.82) is 0 Å². The molecule has 3 heteroatoms. The molecule has 0 spiro atoms. The molecule has 0 aromatic heterocycles. The molecule has 0 saturated carbocycles. The molecule has 2 aliphatic rings. The second kappa shape index (κ2) is 4.17. The van der Waals surface area contributed by atoms with E-state index in [2.05, 4.69) is 19.1 Å². The van der Waals surface area contributed by atoms with Crippen LogP contribution in [0.3, 0.4) is 0 Å². The average Bonchev–Trinajstić information content (AvgIpc) is 2.48. The highest BCUT2D eigenvalue weighted by Gasteiger charge is 2.43. The summed E-state index contributed by atoms with van der Waals surface area (Å²) in [5.41, 5.74) is 2.19. The van der Waals surface area contributed by atoms with Crippen LogP contribution in [0.25, 0.3) is 0 Å². The zero-order valence-electron chi connectivity index (χ0n) is 11.5. The molecular weight excluding hydrogens is 252 g/mol. The fourth-order valence-electron chi connectivity index (χ4n) is 3.20. The number of para-hydroxylation sites is 2. The third kappa shape index (κ3) is 1.46. The Kier molecular flexibility index (Phi) is 2.43. The molecule has 0 radical (unpaired) electrons. The zero-order valence-corrected chi connectivity index (χ0v) is 11.5. The minimum Gasteiger partial charge on any atom is -0.493 e. The first-order valence-corrected chi connectivity index (χ1v) is 6.88. The minimum atomic E-state index is 0.0220. The summed E-state index contributed by atoms with van der Waals surface area (Å²) in [6.45, 7) is 2.17. The fraction of sp³-hybridized carbons (Fsp3) is 0.294. The zero-order chi connectivity index (χ0) is 13.7. The number of hydrogen-bond acceptors (Lipinski definition) is 3. The Morgan fingerprint density at radius 2 is 1.65 bits per heavy atom. The van der Waals surface area contributed by atoms with Gasteiger partial charge in [-0.05, 0) is 12.1 Å². The van der Waals surface area contributed by atoms with Gasteiger partial charge in [-0.25, -0.2) is 0 Å². The maximum atomic E-state index is 6.26. The Labute approximate surface area is 118 Å². The van der Waals surface area contributed by atoms with Gasteiger partial charge in [-0.15, -0.1) is 0 Å². The molecule has 20 heavy (non-hydrogen) atoms. The second-order valence-electron chi connectivity index (χ2n) is 5.35. The molecule has 0 unspecified atom stereocenters. The van der Waals surface area contributed by atoms with Crippen LogP contribution in [0.15, 0.2) is 42.5 Å². The van der Waals surface area contributed by atoms with Crippen molar-refractivity contribution in [2.75, 3.05) is 7.11 Å². The van der Waals surface area contributed by atoms with Crippen molar-refractivity contribution >= 4 is 0 Å². The number of fused-ring (bicyclic) bond motifs is 6. The molecule has 2 aromatic carbocycles. The van der Waals surface area contributed by atoms with Crippen LogP contribution in [0, 0.1) is 5.92 Å². The Bertz CT molecular complexity index is 665. The molecule has 3 atom stereocenters. The van der Waals surface area contributed by atoms with Crippen LogP contribution in [0.5, 0.6) is 17.2 Å². The molecule has 102 valence electrons. The Morgan fingerprint density at radius 1 is 0.900 bits per heavy atom. The summed E-state index contributed by atoms with van der Waals surface area (Å²) in [6.07, 6.45) is 0.0440. The largest absolute Gasteiger partial charge is 0.493 e. The monoisotopic (exact) mass is 268 g/mol. The number of methoxy groups -OCH3 is 1. The third-order valence-electron chi connectivity index (χ3n) is 4.22. The van der Waals surface area contributed by atoms with E-state index < -0.39 is 0 Å². The van der Waals surface area contributed by atoms with Gasteiger partial charge in [0.25, 0.3) is 0 Å². The van der Waals surface area contributed by atoms with Crippen molar-refractivity contribution in [3.8, 4) is 17.2 Å². The normalized spacial score (nSPS) is 25.8. The molecule has 0 fully saturated rings. The van der Waals surface area contributed by atoms with E-state index in [1.807, 2.05) is 30.3 Å². The van der Waals surface area contributed by atoms with Crippen LogP contribution in [0.1, 0.15) is 30.3 Å². The van der Waals surface area contributed by atoms with E-state index in [4.69, 9.17) is 14.2 Å². The van der Waals surface area contributed by atoms with Crippen molar-refractivity contribution in [3.05, 3.63) is 53.6 Å². The molecule has 0 N–H and O–H groups in total. The lowest BCUT2D eigenvalue weighted by molar-refractivity contribution is -0.00450. The quantitative estimate of drug-likeness (QED) is 0.785. The van der Waals surface area contributed by atoms with Gasteiger partial charge < -0.3 is 14.2 Å². The third-order valence-corrected chi connectivity index (χ3v) is 4.22. The Morgan fingerprint density at radius 3 is 2.50 bits per heavy atom. The summed E-state index contributed by atoms with van der Waals surface area (Å²) >= 11 is 0. The van der Waals surface area contributed by atoms with E-state index in [9.17, 15) is 0 Å². The van der Waals surface area contributed by atoms with E-state index >= 15 is 0 Å². The van der Waals surface area contributed by atoms with E-state index in [1.54, 1.807) is 7.11 Å². The lowest BCUT2D eigenvalue weighted by atomic mass is 9.83. The Balaban J connectivity index is 1.89. The van der Waals surface area contributed by atoms with Crippen LogP contribution < -0.4 is 14.2 Å². The average molecular weight is 268 g/mol. The van der Waals surface area contributed by atoms with Crippen LogP contribution in [0.2, 0.25) is 0 Å². The summed E-state index contributed by atoms with van der Waals surface area (Å²) in [7, 11) is 1.67. The summed E-state index contributed by atoms with van der Waals surface area (Å²) in [5.74, 6) is 2.79. The van der Waals surface area contributed by atoms with Crippen LogP contribution in [-0.4, -0.2) is 7.11 Å². The molecule has 2 aromatic rings. The van der Waals surface area contributed by atoms with Gasteiger partial charge in [0, 0.05) is 17.0 Å². The van der Waals surface area contributed by atoms with Crippen molar-refractivity contribution in [2.45, 2.75) is 19.1 Å². The first-order valence-electron chi connectivity index (χ1n) is 6.88. The van der Waals surface area contributed by atoms with Crippen molar-refractivity contribution in [3.63, 3.8) is 0 Å². The van der Waals surface area contributed by atoms with Crippen LogP contribution in [0.4, 0.5) is 0 Å². The van der Waals surface area contributed by atoms with Crippen LogP contribution in [-0.2, 0) is 0 Å². The van der Waals surface area contributed by atoms with Gasteiger partial charge in [-0.1, -0.05) is 37.3 Å². The Hall–Kier alpha value is -2.16. The smallest absolute Gasteiger partial charge is 0.169 e. The maximum Gasteiger partial charge on any atom is 0.169 e. The number of rotatable bonds is 1. The summed E-state index contributed by atoms with van der Waals surface area (Å²) in [4.78, 5) is 0. The molecule has 4 rings (SSSR count). The van der Waals surface area contributed by atoms with E-state index in [-0.39, 0.29) is 18.1 Å². The predicted octanol–water partition coefficient (Wildman–Crippen LogP) is 3.90. The molecular formula is C17H16O3. The van der Waals surface area contributed by atoms with Gasteiger partial charge in [-0.2, -0.15) is 0 Å². The lowest BCUT2D eigenvalue weighted by Crippen LogP contribution is -2.35. The fourth-order valence-corrected chi connectivity index (χ4v) is 3.20. The van der Waals surface area contributed by atoms with Crippen LogP contribution >= 0.6 is 0 Å². The van der Waals surface area contributed by atoms with Gasteiger partial charge in [0.2, 0.25) is 0 Å². The first kappa shape index (κ1) is 11.6. The molecule has 2 heterocycles. The maximum absolute atomic E-state index is 6.26. The highest BCUT2D eigenvalue weighted by Crippen LogP contribution is 2.54. The highest BCUT2D eigenvalue weighted by molar-refractivity contribution is 5.52. The molecule has 3 nitrogen and oxygen atoms in total. The summed E-state index contributed by atoms with van der Waals surface area (Å²) in [5, 5.41) is 0. The van der Waals surface area contributed by atoms with E-state index in [0.717, 1.165) is 28.4 Å². The lowest BCUT2D eigenvalue weighted by Gasteiger charge is -2.43. The van der Waals surface area contributed by atoms with Crippen molar-refractivity contribution < 1.29 is 14.2 Å². The number of ether oxygens (including phenoxy) is 3. The summed E-state index contributed by atoms with van der Waals surface area (Å²) < 4.78 is 17.9. The van der Waals surface area contributed by atoms with Crippen molar-refractivity contribution in [2.24, 2.45) is 5.92 Å². The van der Waals surface area contributed by atoms with Crippen molar-refractivity contribution in [1.82, 2.24) is 0 Å². The molecule has 0 amide bonds. The predicted molar refractivity (Wildman–Crippen MR) is 75.3 cm³/mol. The first-order chi connectivity index (χ1) is 9.79. The highest BCUT2D eigenvalue weighted by atomic mass is 16.5. The SMILES string of the molecule is COc1cccc2c1O[C@@H]1c3ccccc3O[C@H]2[C@@H]1C. The molecule has 2 bridgehead atoms. The van der Waals surface area contributed by atoms with E-state index in [1.165, 1.54) is 0 Å². The standard InChI is InChI=1S/C17H16O3/c1-10-15-11-6-3-4-8-13(11)19-16(10)12-7-5-9-14(18-2)17(12)20-15/h3-10,15-16H,1-2H3/t10-,15+,16+/m1/s1. The minimum absolute atomic E-state index is 0.0220. The summed E-state index contributed by atoms with van der Waals surface area (Å²) in [6, 6.07) is 14.1. The second-order valence-corrected chi connectivity index (χ2v) is 5.35. The topological polar surface area (TPSA) is 27.7 Å². The van der Waals surface area contributed by atoms with E-state index in [0.29, 0.717) is 0 Å². The van der Waals surface area contributed by atoms with Gasteiger partial charge in [-0.3, -0.25) is 0 Å².